The van der Waals surface area contributed by atoms with Crippen LogP contribution in [0.1, 0.15) is 78.1 Å². The molecule has 0 heterocycles. The Balaban J connectivity index is 3.40. The van der Waals surface area contributed by atoms with Crippen molar-refractivity contribution in [3.63, 3.8) is 0 Å². The fraction of sp³-hybridized carbons (Fsp3) is 0.933. The summed E-state index contributed by atoms with van der Waals surface area (Å²) in [6, 6.07) is -0.343. The summed E-state index contributed by atoms with van der Waals surface area (Å²) >= 11 is 0. The lowest BCUT2D eigenvalue weighted by atomic mass is 10.0. The Morgan fingerprint density at radius 1 is 0.944 bits per heavy atom. The molecule has 0 aliphatic carbocycles. The molecule has 0 aromatic carbocycles. The summed E-state index contributed by atoms with van der Waals surface area (Å²) in [5.74, 6) is -0.702. The zero-order chi connectivity index (χ0) is 13.6. The topological polar surface area (TPSA) is 49.3 Å². The van der Waals surface area contributed by atoms with Gasteiger partial charge < -0.3 is 10.4 Å². The van der Waals surface area contributed by atoms with Crippen LogP contribution in [0.3, 0.4) is 0 Å². The van der Waals surface area contributed by atoms with E-state index >= 15 is 0 Å². The third kappa shape index (κ3) is 10.6. The number of unbranched alkanes of at least 4 members (excludes halogenated alkanes) is 7. The minimum absolute atomic E-state index is 0.343. The zero-order valence-corrected chi connectivity index (χ0v) is 12.2. The third-order valence-corrected chi connectivity index (χ3v) is 3.29. The lowest BCUT2D eigenvalue weighted by molar-refractivity contribution is -0.139. The summed E-state index contributed by atoms with van der Waals surface area (Å²) in [5, 5.41) is 12.1. The summed E-state index contributed by atoms with van der Waals surface area (Å²) in [5.41, 5.74) is 0. The molecule has 0 saturated heterocycles. The molecule has 1 atom stereocenters. The minimum atomic E-state index is -0.702. The molecule has 0 rings (SSSR count). The molecule has 0 bridgehead atoms. The first kappa shape index (κ1) is 17.4. The molecule has 18 heavy (non-hydrogen) atoms. The highest BCUT2D eigenvalue weighted by molar-refractivity contribution is 5.73. The van der Waals surface area contributed by atoms with E-state index in [1.807, 2.05) is 0 Å². The largest absolute Gasteiger partial charge is 0.480 e. The van der Waals surface area contributed by atoms with E-state index in [9.17, 15) is 4.79 Å². The van der Waals surface area contributed by atoms with Crippen LogP contribution in [-0.4, -0.2) is 23.7 Å². The molecule has 3 heteroatoms. The highest BCUT2D eigenvalue weighted by atomic mass is 16.4. The molecule has 0 amide bonds. The lowest BCUT2D eigenvalue weighted by Gasteiger charge is -2.13. The molecule has 0 aliphatic rings. The van der Waals surface area contributed by atoms with E-state index < -0.39 is 5.97 Å². The maximum atomic E-state index is 11.0. The van der Waals surface area contributed by atoms with Crippen LogP contribution in [0, 0.1) is 0 Å². The Labute approximate surface area is 112 Å². The molecule has 0 radical (unpaired) electrons. The molecule has 0 aromatic heterocycles. The van der Waals surface area contributed by atoms with Crippen LogP contribution in [0.2, 0.25) is 0 Å². The van der Waals surface area contributed by atoms with Crippen molar-refractivity contribution in [3.05, 3.63) is 0 Å². The van der Waals surface area contributed by atoms with Crippen LogP contribution in [-0.2, 0) is 4.79 Å². The molecular formula is C15H31NO2. The maximum Gasteiger partial charge on any atom is 0.320 e. The van der Waals surface area contributed by atoms with E-state index in [0.29, 0.717) is 0 Å². The third-order valence-electron chi connectivity index (χ3n) is 3.29. The second kappa shape index (κ2) is 12.9. The molecule has 2 N–H and O–H groups in total. The van der Waals surface area contributed by atoms with Crippen LogP contribution in [0.5, 0.6) is 0 Å². The molecule has 108 valence electrons. The summed E-state index contributed by atoms with van der Waals surface area (Å²) in [6.07, 6.45) is 11.8. The van der Waals surface area contributed by atoms with Crippen LogP contribution in [0.15, 0.2) is 0 Å². The van der Waals surface area contributed by atoms with Crippen LogP contribution < -0.4 is 5.32 Å². The Morgan fingerprint density at radius 3 is 2.00 bits per heavy atom. The Hall–Kier alpha value is -0.570. The molecule has 0 aliphatic heterocycles. The molecule has 0 fully saturated rings. The number of aliphatic carboxylic acids is 1. The monoisotopic (exact) mass is 257 g/mol. The summed E-state index contributed by atoms with van der Waals surface area (Å²) in [4.78, 5) is 11.0. The second-order valence-corrected chi connectivity index (χ2v) is 5.11. The van der Waals surface area contributed by atoms with Crippen LogP contribution in [0.25, 0.3) is 0 Å². The van der Waals surface area contributed by atoms with Gasteiger partial charge in [0.05, 0.1) is 0 Å². The van der Waals surface area contributed by atoms with E-state index in [1.54, 1.807) is 0 Å². The molecule has 1 unspecified atom stereocenters. The van der Waals surface area contributed by atoms with E-state index in [1.165, 1.54) is 44.9 Å². The maximum absolute atomic E-state index is 11.0. The van der Waals surface area contributed by atoms with Gasteiger partial charge in [-0.3, -0.25) is 4.79 Å². The van der Waals surface area contributed by atoms with Gasteiger partial charge in [0.1, 0.15) is 6.04 Å². The van der Waals surface area contributed by atoms with Crippen molar-refractivity contribution < 1.29 is 9.90 Å². The highest BCUT2D eigenvalue weighted by Crippen LogP contribution is 2.10. The first-order valence-electron chi connectivity index (χ1n) is 7.68. The van der Waals surface area contributed by atoms with Gasteiger partial charge in [-0.15, -0.1) is 0 Å². The fourth-order valence-electron chi connectivity index (χ4n) is 2.11. The quantitative estimate of drug-likeness (QED) is 0.491. The van der Waals surface area contributed by atoms with Crippen LogP contribution in [0.4, 0.5) is 0 Å². The predicted octanol–water partition coefficient (Wildman–Crippen LogP) is 3.97. The number of carboxylic acids is 1. The lowest BCUT2D eigenvalue weighted by Crippen LogP contribution is -2.36. The zero-order valence-electron chi connectivity index (χ0n) is 12.2. The number of carbonyl (C=O) groups is 1. The van der Waals surface area contributed by atoms with E-state index in [0.717, 1.165) is 25.8 Å². The summed E-state index contributed by atoms with van der Waals surface area (Å²) in [6.45, 7) is 5.09. The molecule has 3 nitrogen and oxygen atoms in total. The number of nitrogens with one attached hydrogen (secondary N) is 1. The molecular weight excluding hydrogens is 226 g/mol. The average Bonchev–Trinajstić information content (AvgIpc) is 2.35. The summed E-state index contributed by atoms with van der Waals surface area (Å²) in [7, 11) is 0. The average molecular weight is 257 g/mol. The van der Waals surface area contributed by atoms with Gasteiger partial charge in [0, 0.05) is 0 Å². The molecule has 0 spiro atoms. The minimum Gasteiger partial charge on any atom is -0.480 e. The van der Waals surface area contributed by atoms with Crippen molar-refractivity contribution in [1.82, 2.24) is 5.32 Å². The van der Waals surface area contributed by atoms with Crippen LogP contribution >= 0.6 is 0 Å². The van der Waals surface area contributed by atoms with Gasteiger partial charge in [-0.05, 0) is 19.4 Å². The first-order valence-corrected chi connectivity index (χ1v) is 7.68. The Bertz CT molecular complexity index is 195. The second-order valence-electron chi connectivity index (χ2n) is 5.11. The highest BCUT2D eigenvalue weighted by Gasteiger charge is 2.14. The van der Waals surface area contributed by atoms with E-state index in [-0.39, 0.29) is 6.04 Å². The molecule has 0 aromatic rings. The van der Waals surface area contributed by atoms with Crippen molar-refractivity contribution in [3.8, 4) is 0 Å². The van der Waals surface area contributed by atoms with Gasteiger partial charge in [-0.1, -0.05) is 65.2 Å². The summed E-state index contributed by atoms with van der Waals surface area (Å²) < 4.78 is 0. The van der Waals surface area contributed by atoms with Gasteiger partial charge >= 0.3 is 5.97 Å². The Morgan fingerprint density at radius 2 is 1.50 bits per heavy atom. The van der Waals surface area contributed by atoms with Gasteiger partial charge in [0.25, 0.3) is 0 Å². The van der Waals surface area contributed by atoms with Crippen molar-refractivity contribution in [2.24, 2.45) is 0 Å². The van der Waals surface area contributed by atoms with Gasteiger partial charge in [0.2, 0.25) is 0 Å². The van der Waals surface area contributed by atoms with E-state index in [2.05, 4.69) is 19.2 Å². The van der Waals surface area contributed by atoms with Crippen molar-refractivity contribution in [1.29, 1.82) is 0 Å². The van der Waals surface area contributed by atoms with Crippen molar-refractivity contribution in [2.45, 2.75) is 84.1 Å². The SMILES string of the molecule is CCCCCCCCCCC(NCCC)C(=O)O. The van der Waals surface area contributed by atoms with Gasteiger partial charge in [-0.2, -0.15) is 0 Å². The first-order chi connectivity index (χ1) is 8.72. The van der Waals surface area contributed by atoms with E-state index in [4.69, 9.17) is 5.11 Å². The van der Waals surface area contributed by atoms with Crippen molar-refractivity contribution >= 4 is 5.97 Å². The smallest absolute Gasteiger partial charge is 0.320 e. The number of carboxylic acid groups (broad SMARTS) is 1. The Kier molecular flexibility index (Phi) is 12.5. The molecule has 0 saturated carbocycles. The van der Waals surface area contributed by atoms with Crippen molar-refractivity contribution in [2.75, 3.05) is 6.54 Å². The fourth-order valence-corrected chi connectivity index (χ4v) is 2.11. The standard InChI is InChI=1S/C15H31NO2/c1-3-5-6-7-8-9-10-11-12-14(15(17)18)16-13-4-2/h14,16H,3-13H2,1-2H3,(H,17,18). The normalized spacial score (nSPS) is 12.6. The number of rotatable bonds is 13. The number of hydrogen-bond acceptors (Lipinski definition) is 2. The van der Waals surface area contributed by atoms with Gasteiger partial charge in [-0.25, -0.2) is 0 Å². The predicted molar refractivity (Wildman–Crippen MR) is 76.9 cm³/mol. The van der Waals surface area contributed by atoms with Gasteiger partial charge in [0.15, 0.2) is 0 Å². The number of hydrogen-bond donors (Lipinski definition) is 2.